The molecule has 0 N–H and O–H groups in total. The summed E-state index contributed by atoms with van der Waals surface area (Å²) in [4.78, 5) is 17.7. The Balaban J connectivity index is 1.25. The molecule has 54 heavy (non-hydrogen) atoms. The second-order valence-electron chi connectivity index (χ2n) is 13.9. The summed E-state index contributed by atoms with van der Waals surface area (Å²) in [6.45, 7) is 10.6. The fourth-order valence-electron chi connectivity index (χ4n) is 7.38. The fraction of sp³-hybridized carbons (Fsp3) is 0.409. The van der Waals surface area contributed by atoms with Gasteiger partial charge in [0.1, 0.15) is 30.4 Å². The number of likely N-dealkylation sites (tertiary alicyclic amines) is 1. The quantitative estimate of drug-likeness (QED) is 0.0877. The van der Waals surface area contributed by atoms with Crippen LogP contribution in [0.4, 0.5) is 0 Å². The molecule has 2 atom stereocenters. The van der Waals surface area contributed by atoms with Gasteiger partial charge in [-0.3, -0.25) is 14.6 Å². The van der Waals surface area contributed by atoms with Crippen molar-refractivity contribution >= 4 is 17.6 Å². The molecule has 0 bridgehead atoms. The summed E-state index contributed by atoms with van der Waals surface area (Å²) >= 11 is 6.64. The summed E-state index contributed by atoms with van der Waals surface area (Å²) in [6.07, 6.45) is 2.77. The van der Waals surface area contributed by atoms with Gasteiger partial charge < -0.3 is 23.7 Å². The highest BCUT2D eigenvalue weighted by Crippen LogP contribution is 2.39. The van der Waals surface area contributed by atoms with Crippen molar-refractivity contribution in [3.63, 3.8) is 0 Å². The Morgan fingerprint density at radius 3 is 2.48 bits per heavy atom. The Morgan fingerprint density at radius 2 is 1.69 bits per heavy atom. The molecule has 2 saturated heterocycles. The Labute approximate surface area is 324 Å². The van der Waals surface area contributed by atoms with E-state index in [0.717, 1.165) is 96.8 Å². The lowest BCUT2D eigenvalue weighted by Gasteiger charge is -2.40. The first kappa shape index (κ1) is 39.3. The molecule has 4 aromatic carbocycles. The molecule has 2 heterocycles. The molecular formula is C44H50ClN3O6. The van der Waals surface area contributed by atoms with Crippen LogP contribution in [0.5, 0.6) is 11.5 Å². The predicted octanol–water partition coefficient (Wildman–Crippen LogP) is 8.42. The molecule has 0 spiro atoms. The highest BCUT2D eigenvalue weighted by molar-refractivity contribution is 6.30. The molecule has 284 valence electrons. The lowest BCUT2D eigenvalue weighted by atomic mass is 9.93. The third-order valence-electron chi connectivity index (χ3n) is 10.4. The first-order chi connectivity index (χ1) is 26.4. The van der Waals surface area contributed by atoms with Gasteiger partial charge in [-0.1, -0.05) is 60.5 Å². The first-order valence-corrected chi connectivity index (χ1v) is 19.2. The minimum Gasteiger partial charge on any atom is -0.493 e. The smallest absolute Gasteiger partial charge is 0.323 e. The number of morpholine rings is 1. The largest absolute Gasteiger partial charge is 0.493 e. The van der Waals surface area contributed by atoms with Crippen LogP contribution in [0.25, 0.3) is 11.1 Å². The first-order valence-electron chi connectivity index (χ1n) is 18.8. The molecule has 6 rings (SSSR count). The van der Waals surface area contributed by atoms with E-state index in [1.54, 1.807) is 12.1 Å². The molecule has 2 aliphatic heterocycles. The third-order valence-corrected chi connectivity index (χ3v) is 10.6. The van der Waals surface area contributed by atoms with Crippen molar-refractivity contribution < 1.29 is 28.5 Å². The number of nitrogens with zero attached hydrogens (tertiary/aromatic N) is 3. The molecule has 0 saturated carbocycles. The number of halogens is 1. The van der Waals surface area contributed by atoms with Gasteiger partial charge in [0.25, 0.3) is 0 Å². The van der Waals surface area contributed by atoms with Crippen LogP contribution in [0.15, 0.2) is 78.9 Å². The highest BCUT2D eigenvalue weighted by Gasteiger charge is 2.37. The summed E-state index contributed by atoms with van der Waals surface area (Å²) in [7, 11) is 1.43. The van der Waals surface area contributed by atoms with Gasteiger partial charge in [-0.2, -0.15) is 5.26 Å². The summed E-state index contributed by atoms with van der Waals surface area (Å²) in [5, 5.41) is 9.94. The Morgan fingerprint density at radius 1 is 0.907 bits per heavy atom. The van der Waals surface area contributed by atoms with E-state index in [9.17, 15) is 10.1 Å². The van der Waals surface area contributed by atoms with Gasteiger partial charge in [-0.05, 0) is 103 Å². The topological polar surface area (TPSA) is 93.5 Å². The molecule has 4 aromatic rings. The zero-order valence-electron chi connectivity index (χ0n) is 31.5. The van der Waals surface area contributed by atoms with Gasteiger partial charge in [0.2, 0.25) is 0 Å². The molecule has 0 aliphatic carbocycles. The number of rotatable bonds is 15. The van der Waals surface area contributed by atoms with E-state index in [1.807, 2.05) is 36.4 Å². The second-order valence-corrected chi connectivity index (χ2v) is 14.3. The van der Waals surface area contributed by atoms with Crippen LogP contribution >= 0.6 is 11.6 Å². The Bertz CT molecular complexity index is 1920. The number of ether oxygens (including phenoxy) is 5. The number of benzene rings is 4. The molecule has 2 unspecified atom stereocenters. The van der Waals surface area contributed by atoms with Gasteiger partial charge in [0.15, 0.2) is 0 Å². The predicted molar refractivity (Wildman–Crippen MR) is 210 cm³/mol. The lowest BCUT2D eigenvalue weighted by molar-refractivity contribution is -0.160. The van der Waals surface area contributed by atoms with Crippen molar-refractivity contribution in [1.82, 2.24) is 9.80 Å². The molecule has 10 heteroatoms. The van der Waals surface area contributed by atoms with Crippen LogP contribution in [0, 0.1) is 25.2 Å². The van der Waals surface area contributed by atoms with Crippen molar-refractivity contribution in [3.05, 3.63) is 117 Å². The maximum atomic E-state index is 13.2. The molecule has 0 aromatic heterocycles. The fourth-order valence-corrected chi connectivity index (χ4v) is 7.56. The standard InChI is InChI=1S/C44H50ClN3O6/c1-31-35(12-7-13-37(31)38-14-8-16-41(32(38)2)52-23-9-19-47-21-24-51-25-22-47)30-54-43(48-20-5-4-15-40(48)44(49)50-3)39-27-36(45)17-18-42(39)53-29-34-11-6-10-33(26-34)28-46/h6-8,10-14,16-18,26-27,40,43H,4-5,9,15,19-25,29-30H2,1-3H3. The number of carbonyl (C=O) groups is 1. The van der Waals surface area contributed by atoms with Gasteiger partial charge in [0, 0.05) is 36.8 Å². The molecular weight excluding hydrogens is 702 g/mol. The summed E-state index contributed by atoms with van der Waals surface area (Å²) in [6, 6.07) is 27.1. The number of nitriles is 1. The summed E-state index contributed by atoms with van der Waals surface area (Å²) in [5.74, 6) is 1.18. The molecule has 2 fully saturated rings. The number of piperidine rings is 1. The number of hydrogen-bond donors (Lipinski definition) is 0. The number of methoxy groups -OCH3 is 1. The third kappa shape index (κ3) is 9.81. The zero-order chi connectivity index (χ0) is 37.9. The average molecular weight is 752 g/mol. The van der Waals surface area contributed by atoms with Crippen LogP contribution in [0.2, 0.25) is 5.02 Å². The van der Waals surface area contributed by atoms with Crippen LogP contribution < -0.4 is 9.47 Å². The van der Waals surface area contributed by atoms with Gasteiger partial charge >= 0.3 is 5.97 Å². The van der Waals surface area contributed by atoms with Crippen LogP contribution in [0.3, 0.4) is 0 Å². The maximum absolute atomic E-state index is 13.2. The molecule has 9 nitrogen and oxygen atoms in total. The van der Waals surface area contributed by atoms with Crippen molar-refractivity contribution in [3.8, 4) is 28.7 Å². The monoisotopic (exact) mass is 751 g/mol. The average Bonchev–Trinajstić information content (AvgIpc) is 3.21. The molecule has 2 aliphatic rings. The van der Waals surface area contributed by atoms with Crippen LogP contribution in [-0.2, 0) is 32.2 Å². The van der Waals surface area contributed by atoms with Crippen LogP contribution in [0.1, 0.15) is 65.3 Å². The van der Waals surface area contributed by atoms with Crippen molar-refractivity contribution in [1.29, 1.82) is 5.26 Å². The zero-order valence-corrected chi connectivity index (χ0v) is 32.3. The normalized spacial score (nSPS) is 17.1. The highest BCUT2D eigenvalue weighted by atomic mass is 35.5. The van der Waals surface area contributed by atoms with Crippen LogP contribution in [-0.4, -0.2) is 74.9 Å². The molecule has 0 amide bonds. The Hall–Kier alpha value is -4.43. The van der Waals surface area contributed by atoms with E-state index in [0.29, 0.717) is 35.9 Å². The van der Waals surface area contributed by atoms with Crippen molar-refractivity contribution in [2.75, 3.05) is 53.1 Å². The van der Waals surface area contributed by atoms with E-state index in [-0.39, 0.29) is 19.2 Å². The van der Waals surface area contributed by atoms with Gasteiger partial charge in [-0.15, -0.1) is 0 Å². The van der Waals surface area contributed by atoms with Crippen molar-refractivity contribution in [2.24, 2.45) is 0 Å². The Kier molecular flexibility index (Phi) is 14.0. The van der Waals surface area contributed by atoms with Crippen molar-refractivity contribution in [2.45, 2.75) is 65.0 Å². The van der Waals surface area contributed by atoms with Gasteiger partial charge in [-0.25, -0.2) is 0 Å². The number of hydrogen-bond acceptors (Lipinski definition) is 9. The SMILES string of the molecule is COC(=O)C1CCCCN1C(OCc1cccc(-c2cccc(OCCCN3CCOCC3)c2C)c1C)c1cc(Cl)ccc1OCc1cccc(C#N)c1. The number of carbonyl (C=O) groups excluding carboxylic acids is 1. The maximum Gasteiger partial charge on any atom is 0.323 e. The van der Waals surface area contributed by atoms with Gasteiger partial charge in [0.05, 0.1) is 45.2 Å². The van der Waals surface area contributed by atoms with E-state index in [2.05, 4.69) is 60.0 Å². The van der Waals surface area contributed by atoms with E-state index in [1.165, 1.54) is 7.11 Å². The number of esters is 1. The second kappa shape index (κ2) is 19.2. The summed E-state index contributed by atoms with van der Waals surface area (Å²) in [5.41, 5.74) is 7.60. The molecule has 0 radical (unpaired) electrons. The van der Waals surface area contributed by atoms with E-state index >= 15 is 0 Å². The summed E-state index contributed by atoms with van der Waals surface area (Å²) < 4.78 is 30.4. The van der Waals surface area contributed by atoms with E-state index < -0.39 is 12.3 Å². The minimum absolute atomic E-state index is 0.245. The minimum atomic E-state index is -0.660. The van der Waals surface area contributed by atoms with E-state index in [4.69, 9.17) is 35.3 Å². The lowest BCUT2D eigenvalue weighted by Crippen LogP contribution is -2.47.